The summed E-state index contributed by atoms with van der Waals surface area (Å²) in [5, 5.41) is 11.7. The number of Topliss-reactive ketones (excluding diaryl/α,β-unsaturated/α-hetero) is 1. The Morgan fingerprint density at radius 1 is 1.11 bits per heavy atom. The molecule has 0 radical (unpaired) electrons. The number of carbonyl (C=O) groups excluding carboxylic acids is 2. The highest BCUT2D eigenvalue weighted by molar-refractivity contribution is 6.16. The third-order valence-electron chi connectivity index (χ3n) is 6.48. The van der Waals surface area contributed by atoms with Crippen molar-refractivity contribution in [2.45, 2.75) is 33.7 Å². The van der Waals surface area contributed by atoms with Crippen LogP contribution in [0.1, 0.15) is 48.5 Å². The number of fused-ring (bicyclic) bond motifs is 1. The molecule has 1 N–H and O–H groups in total. The van der Waals surface area contributed by atoms with Crippen LogP contribution >= 0.6 is 0 Å². The molecule has 35 heavy (non-hydrogen) atoms. The average molecular weight is 477 g/mol. The van der Waals surface area contributed by atoms with Crippen molar-refractivity contribution in [3.8, 4) is 5.75 Å². The summed E-state index contributed by atoms with van der Waals surface area (Å²) in [5.74, 6) is -0.853. The molecule has 0 fully saturated rings. The number of amides is 1. The fraction of sp³-hybridized carbons (Fsp3) is 0.357. The molecule has 0 spiro atoms. The number of aliphatic hydroxyl groups excluding tert-OH is 1. The molecule has 1 amide bonds. The van der Waals surface area contributed by atoms with Gasteiger partial charge in [0.15, 0.2) is 11.5 Å². The average Bonchev–Trinajstić information content (AvgIpc) is 3.38. The van der Waals surface area contributed by atoms with Gasteiger partial charge in [0, 0.05) is 18.5 Å². The summed E-state index contributed by atoms with van der Waals surface area (Å²) in [5.41, 5.74) is 2.35. The highest BCUT2D eigenvalue weighted by atomic mass is 16.5. The first-order valence-corrected chi connectivity index (χ1v) is 12.1. The first-order chi connectivity index (χ1) is 16.9. The van der Waals surface area contributed by atoms with E-state index in [2.05, 4.69) is 18.7 Å². The van der Waals surface area contributed by atoms with Gasteiger partial charge in [0.05, 0.1) is 18.2 Å². The predicted molar refractivity (Wildman–Crippen MR) is 135 cm³/mol. The first-order valence-electron chi connectivity index (χ1n) is 12.1. The van der Waals surface area contributed by atoms with Gasteiger partial charge in [0.25, 0.3) is 5.91 Å². The third-order valence-corrected chi connectivity index (χ3v) is 6.48. The maximum atomic E-state index is 13.7. The molecular formula is C28H32N2O5. The number of ether oxygens (including phenoxy) is 1. The normalized spacial score (nSPS) is 16.1. The zero-order valence-electron chi connectivity index (χ0n) is 20.7. The van der Waals surface area contributed by atoms with Crippen molar-refractivity contribution in [1.82, 2.24) is 9.80 Å². The van der Waals surface area contributed by atoms with Gasteiger partial charge < -0.3 is 24.1 Å². The Bertz CT molecular complexity index is 1270. The molecule has 2 heterocycles. The predicted octanol–water partition coefficient (Wildman–Crippen LogP) is 5.06. The lowest BCUT2D eigenvalue weighted by Crippen LogP contribution is -2.38. The summed E-state index contributed by atoms with van der Waals surface area (Å²) >= 11 is 0. The van der Waals surface area contributed by atoms with E-state index in [4.69, 9.17) is 9.15 Å². The lowest BCUT2D eigenvalue weighted by Gasteiger charge is -2.29. The van der Waals surface area contributed by atoms with Gasteiger partial charge in [-0.3, -0.25) is 9.59 Å². The summed E-state index contributed by atoms with van der Waals surface area (Å²) in [6.45, 7) is 11.1. The van der Waals surface area contributed by atoms with E-state index in [1.165, 1.54) is 0 Å². The first kappa shape index (κ1) is 24.5. The lowest BCUT2D eigenvalue weighted by molar-refractivity contribution is -0.129. The third kappa shape index (κ3) is 4.82. The smallest absolute Gasteiger partial charge is 0.290 e. The SMILES string of the molecule is CCOc1cccc(C2C(C(=O)c3cc4cc(C)ccc4o3)=C(O)C(=O)N2CCN(CC)CC)c1. The minimum absolute atomic E-state index is 0.0268. The van der Waals surface area contributed by atoms with Crippen LogP contribution in [0, 0.1) is 6.92 Å². The number of benzene rings is 2. The van der Waals surface area contributed by atoms with E-state index in [0.717, 1.165) is 24.0 Å². The zero-order valence-corrected chi connectivity index (χ0v) is 20.7. The Kier molecular flexibility index (Phi) is 7.26. The Balaban J connectivity index is 1.76. The second kappa shape index (κ2) is 10.4. The fourth-order valence-electron chi connectivity index (χ4n) is 4.60. The van der Waals surface area contributed by atoms with Crippen molar-refractivity contribution in [2.24, 2.45) is 0 Å². The van der Waals surface area contributed by atoms with Crippen molar-refractivity contribution < 1.29 is 23.8 Å². The number of furan rings is 1. The van der Waals surface area contributed by atoms with Gasteiger partial charge >= 0.3 is 0 Å². The molecule has 1 aliphatic heterocycles. The molecular weight excluding hydrogens is 444 g/mol. The monoisotopic (exact) mass is 476 g/mol. The second-order valence-corrected chi connectivity index (χ2v) is 8.68. The van der Waals surface area contributed by atoms with Gasteiger partial charge in [0.2, 0.25) is 5.78 Å². The standard InChI is InChI=1S/C28H32N2O5/c1-5-29(6-2)13-14-30-25(19-9-8-10-21(16-19)34-7-3)24(27(32)28(30)33)26(31)23-17-20-15-18(4)11-12-22(20)35-23/h8-12,15-17,25,32H,5-7,13-14H2,1-4H3. The van der Waals surface area contributed by atoms with Gasteiger partial charge in [0.1, 0.15) is 11.3 Å². The Hall–Kier alpha value is -3.58. The number of nitrogens with zero attached hydrogens (tertiary/aromatic N) is 2. The van der Waals surface area contributed by atoms with Crippen LogP contribution in [0.5, 0.6) is 5.75 Å². The van der Waals surface area contributed by atoms with Gasteiger partial charge in [-0.2, -0.15) is 0 Å². The number of hydrogen-bond donors (Lipinski definition) is 1. The molecule has 1 aromatic heterocycles. The molecule has 1 atom stereocenters. The number of hydrogen-bond acceptors (Lipinski definition) is 6. The van der Waals surface area contributed by atoms with E-state index >= 15 is 0 Å². The molecule has 3 aromatic rings. The van der Waals surface area contributed by atoms with Crippen LogP contribution in [-0.4, -0.2) is 59.4 Å². The minimum Gasteiger partial charge on any atom is -0.503 e. The summed E-state index contributed by atoms with van der Waals surface area (Å²) < 4.78 is 11.5. The van der Waals surface area contributed by atoms with Crippen molar-refractivity contribution >= 4 is 22.7 Å². The van der Waals surface area contributed by atoms with Crippen molar-refractivity contribution in [3.63, 3.8) is 0 Å². The Labute approximate surface area is 205 Å². The van der Waals surface area contributed by atoms with Crippen LogP contribution in [0.3, 0.4) is 0 Å². The summed E-state index contributed by atoms with van der Waals surface area (Å²) in [6.07, 6.45) is 0. The molecule has 0 saturated heterocycles. The number of rotatable bonds is 10. The minimum atomic E-state index is -0.749. The van der Waals surface area contributed by atoms with E-state index in [1.54, 1.807) is 11.0 Å². The van der Waals surface area contributed by atoms with Gasteiger partial charge in [-0.05, 0) is 62.8 Å². The number of ketones is 1. The van der Waals surface area contributed by atoms with Gasteiger partial charge in [-0.25, -0.2) is 0 Å². The van der Waals surface area contributed by atoms with Crippen LogP contribution in [0.25, 0.3) is 11.0 Å². The lowest BCUT2D eigenvalue weighted by atomic mass is 9.94. The van der Waals surface area contributed by atoms with Crippen molar-refractivity contribution in [3.05, 3.63) is 76.8 Å². The van der Waals surface area contributed by atoms with Crippen molar-refractivity contribution in [2.75, 3.05) is 32.8 Å². The van der Waals surface area contributed by atoms with Crippen LogP contribution in [0.15, 0.2) is 64.3 Å². The molecule has 7 heteroatoms. The van der Waals surface area contributed by atoms with Crippen LogP contribution in [0.2, 0.25) is 0 Å². The quantitative estimate of drug-likeness (QED) is 0.412. The van der Waals surface area contributed by atoms with Crippen molar-refractivity contribution in [1.29, 1.82) is 0 Å². The number of likely N-dealkylation sites (N-methyl/N-ethyl adjacent to an activating group) is 1. The van der Waals surface area contributed by atoms with E-state index in [-0.39, 0.29) is 11.3 Å². The maximum Gasteiger partial charge on any atom is 0.290 e. The van der Waals surface area contributed by atoms with E-state index < -0.39 is 23.5 Å². The highest BCUT2D eigenvalue weighted by Gasteiger charge is 2.44. The summed E-state index contributed by atoms with van der Waals surface area (Å²) in [6, 6.07) is 13.9. The van der Waals surface area contributed by atoms with Crippen LogP contribution < -0.4 is 4.74 Å². The molecule has 4 rings (SSSR count). The van der Waals surface area contributed by atoms with Gasteiger partial charge in [-0.15, -0.1) is 0 Å². The molecule has 0 saturated carbocycles. The summed E-state index contributed by atoms with van der Waals surface area (Å²) in [4.78, 5) is 30.7. The van der Waals surface area contributed by atoms with E-state index in [1.807, 2.05) is 56.3 Å². The summed E-state index contributed by atoms with van der Waals surface area (Å²) in [7, 11) is 0. The Morgan fingerprint density at radius 3 is 2.60 bits per heavy atom. The molecule has 2 aromatic carbocycles. The van der Waals surface area contributed by atoms with Gasteiger partial charge in [-0.1, -0.05) is 37.6 Å². The number of carbonyl (C=O) groups is 2. The molecule has 184 valence electrons. The largest absolute Gasteiger partial charge is 0.503 e. The topological polar surface area (TPSA) is 83.2 Å². The van der Waals surface area contributed by atoms with E-state index in [9.17, 15) is 14.7 Å². The highest BCUT2D eigenvalue weighted by Crippen LogP contribution is 2.40. The number of aryl methyl sites for hydroxylation is 1. The van der Waals surface area contributed by atoms with Crippen LogP contribution in [-0.2, 0) is 4.79 Å². The molecule has 0 aliphatic carbocycles. The Morgan fingerprint density at radius 2 is 1.89 bits per heavy atom. The zero-order chi connectivity index (χ0) is 25.1. The number of aliphatic hydroxyl groups is 1. The van der Waals surface area contributed by atoms with Crippen LogP contribution in [0.4, 0.5) is 0 Å². The second-order valence-electron chi connectivity index (χ2n) is 8.68. The molecule has 0 bridgehead atoms. The molecule has 1 unspecified atom stereocenters. The maximum absolute atomic E-state index is 13.7. The fourth-order valence-corrected chi connectivity index (χ4v) is 4.60. The molecule has 1 aliphatic rings. The molecule has 7 nitrogen and oxygen atoms in total. The van der Waals surface area contributed by atoms with E-state index in [0.29, 0.717) is 36.6 Å².